The molecule has 0 radical (unpaired) electrons. The van der Waals surface area contributed by atoms with Crippen LogP contribution in [0, 0.1) is 10.8 Å². The molecule has 5 heteroatoms. The van der Waals surface area contributed by atoms with Gasteiger partial charge in [-0.2, -0.15) is 0 Å². The minimum absolute atomic E-state index is 0.0630. The van der Waals surface area contributed by atoms with E-state index in [1.807, 2.05) is 13.8 Å². The highest BCUT2D eigenvalue weighted by molar-refractivity contribution is 5.73. The van der Waals surface area contributed by atoms with Gasteiger partial charge in [-0.3, -0.25) is 0 Å². The molecule has 0 spiro atoms. The monoisotopic (exact) mass is 258 g/mol. The molecule has 106 valence electrons. The molecular weight excluding hydrogens is 232 g/mol. The summed E-state index contributed by atoms with van der Waals surface area (Å²) in [7, 11) is 0. The first kappa shape index (κ1) is 15.2. The molecule has 0 aromatic carbocycles. The average Bonchev–Trinajstić information content (AvgIpc) is 3.03. The van der Waals surface area contributed by atoms with Gasteiger partial charge in [0.05, 0.1) is 12.7 Å². The van der Waals surface area contributed by atoms with E-state index in [9.17, 15) is 9.90 Å². The van der Waals surface area contributed by atoms with Gasteiger partial charge in [0.25, 0.3) is 0 Å². The van der Waals surface area contributed by atoms with Gasteiger partial charge in [-0.05, 0) is 31.6 Å². The standard InChI is InChI=1S/C13H26N2O3/c1-10(17)6-12(2,3)7-14-11(18)15-8-13(9-16)4-5-13/h10,16-17H,4-9H2,1-3H3,(H2,14,15,18). The maximum absolute atomic E-state index is 11.6. The van der Waals surface area contributed by atoms with Crippen LogP contribution in [0.25, 0.3) is 0 Å². The lowest BCUT2D eigenvalue weighted by atomic mass is 9.87. The van der Waals surface area contributed by atoms with Crippen molar-refractivity contribution in [3.8, 4) is 0 Å². The molecule has 2 amide bonds. The number of urea groups is 1. The van der Waals surface area contributed by atoms with E-state index in [0.29, 0.717) is 19.5 Å². The summed E-state index contributed by atoms with van der Waals surface area (Å²) in [6.45, 7) is 6.97. The van der Waals surface area contributed by atoms with E-state index in [-0.39, 0.29) is 29.6 Å². The van der Waals surface area contributed by atoms with Crippen LogP contribution in [0.5, 0.6) is 0 Å². The number of carbonyl (C=O) groups excluding carboxylic acids is 1. The number of hydrogen-bond donors (Lipinski definition) is 4. The smallest absolute Gasteiger partial charge is 0.314 e. The van der Waals surface area contributed by atoms with E-state index >= 15 is 0 Å². The summed E-state index contributed by atoms with van der Waals surface area (Å²) in [6, 6.07) is -0.201. The fourth-order valence-corrected chi connectivity index (χ4v) is 2.09. The Hall–Kier alpha value is -0.810. The molecule has 0 aromatic rings. The van der Waals surface area contributed by atoms with Crippen molar-refractivity contribution in [2.75, 3.05) is 19.7 Å². The maximum Gasteiger partial charge on any atom is 0.314 e. The van der Waals surface area contributed by atoms with E-state index in [1.165, 1.54) is 0 Å². The largest absolute Gasteiger partial charge is 0.396 e. The lowest BCUT2D eigenvalue weighted by Gasteiger charge is -2.26. The fraction of sp³-hybridized carbons (Fsp3) is 0.923. The summed E-state index contributed by atoms with van der Waals surface area (Å²) in [5.41, 5.74) is -0.188. The van der Waals surface area contributed by atoms with Crippen molar-refractivity contribution in [2.45, 2.75) is 46.1 Å². The lowest BCUT2D eigenvalue weighted by Crippen LogP contribution is -2.43. The number of rotatable bonds is 7. The second-order valence-electron chi connectivity index (χ2n) is 6.41. The molecule has 1 unspecified atom stereocenters. The van der Waals surface area contributed by atoms with Gasteiger partial charge < -0.3 is 20.8 Å². The molecule has 18 heavy (non-hydrogen) atoms. The zero-order chi connectivity index (χ0) is 13.8. The number of aliphatic hydroxyl groups is 2. The van der Waals surface area contributed by atoms with Gasteiger partial charge in [0.15, 0.2) is 0 Å². The third kappa shape index (κ3) is 5.23. The molecular formula is C13H26N2O3. The molecule has 0 aromatic heterocycles. The molecule has 0 bridgehead atoms. The molecule has 1 fully saturated rings. The SMILES string of the molecule is CC(O)CC(C)(C)CNC(=O)NCC1(CO)CC1. The number of hydrogen-bond acceptors (Lipinski definition) is 3. The third-order valence-corrected chi connectivity index (χ3v) is 3.49. The van der Waals surface area contributed by atoms with Crippen molar-refractivity contribution < 1.29 is 15.0 Å². The molecule has 1 atom stereocenters. The highest BCUT2D eigenvalue weighted by Crippen LogP contribution is 2.44. The summed E-state index contributed by atoms with van der Waals surface area (Å²) in [6.07, 6.45) is 2.25. The minimum atomic E-state index is -0.367. The maximum atomic E-state index is 11.6. The van der Waals surface area contributed by atoms with Crippen molar-refractivity contribution in [2.24, 2.45) is 10.8 Å². The second kappa shape index (κ2) is 5.89. The van der Waals surface area contributed by atoms with Crippen molar-refractivity contribution >= 4 is 6.03 Å². The summed E-state index contributed by atoms with van der Waals surface area (Å²) >= 11 is 0. The zero-order valence-corrected chi connectivity index (χ0v) is 11.6. The molecule has 1 aliphatic rings. The Kier molecular flexibility index (Phi) is 4.99. The van der Waals surface area contributed by atoms with E-state index in [2.05, 4.69) is 10.6 Å². The van der Waals surface area contributed by atoms with Gasteiger partial charge in [0.2, 0.25) is 0 Å². The Labute approximate surface area is 109 Å². The van der Waals surface area contributed by atoms with Crippen molar-refractivity contribution in [1.29, 1.82) is 0 Å². The van der Waals surface area contributed by atoms with Gasteiger partial charge in [-0.1, -0.05) is 13.8 Å². The molecule has 1 rings (SSSR count). The predicted molar refractivity (Wildman–Crippen MR) is 70.2 cm³/mol. The molecule has 4 N–H and O–H groups in total. The molecule has 1 aliphatic carbocycles. The van der Waals surface area contributed by atoms with Crippen LogP contribution >= 0.6 is 0 Å². The molecule has 0 saturated heterocycles. The fourth-order valence-electron chi connectivity index (χ4n) is 2.09. The zero-order valence-electron chi connectivity index (χ0n) is 11.6. The predicted octanol–water partition coefficient (Wildman–Crippen LogP) is 0.855. The van der Waals surface area contributed by atoms with Gasteiger partial charge in [0.1, 0.15) is 0 Å². The summed E-state index contributed by atoms with van der Waals surface area (Å²) in [4.78, 5) is 11.6. The highest BCUT2D eigenvalue weighted by atomic mass is 16.3. The first-order valence-electron chi connectivity index (χ1n) is 6.59. The Morgan fingerprint density at radius 1 is 1.39 bits per heavy atom. The van der Waals surface area contributed by atoms with Crippen LogP contribution in [-0.4, -0.2) is 42.0 Å². The quantitative estimate of drug-likeness (QED) is 0.546. The van der Waals surface area contributed by atoms with Crippen molar-refractivity contribution in [3.63, 3.8) is 0 Å². The van der Waals surface area contributed by atoms with Crippen LogP contribution in [-0.2, 0) is 0 Å². The van der Waals surface area contributed by atoms with Crippen LogP contribution in [0.15, 0.2) is 0 Å². The molecule has 5 nitrogen and oxygen atoms in total. The van der Waals surface area contributed by atoms with Crippen LogP contribution in [0.4, 0.5) is 4.79 Å². The number of amides is 2. The number of carbonyl (C=O) groups is 1. The Balaban J connectivity index is 2.20. The molecule has 0 aliphatic heterocycles. The van der Waals surface area contributed by atoms with E-state index in [1.54, 1.807) is 6.92 Å². The van der Waals surface area contributed by atoms with Crippen LogP contribution < -0.4 is 10.6 Å². The van der Waals surface area contributed by atoms with E-state index < -0.39 is 0 Å². The minimum Gasteiger partial charge on any atom is -0.396 e. The Morgan fingerprint density at radius 3 is 2.44 bits per heavy atom. The molecule has 1 saturated carbocycles. The first-order valence-corrected chi connectivity index (χ1v) is 6.59. The number of aliphatic hydroxyl groups excluding tert-OH is 2. The topological polar surface area (TPSA) is 81.6 Å². The van der Waals surface area contributed by atoms with Gasteiger partial charge in [-0.15, -0.1) is 0 Å². The first-order chi connectivity index (χ1) is 8.29. The normalized spacial score (nSPS) is 19.2. The number of nitrogens with one attached hydrogen (secondary N) is 2. The van der Waals surface area contributed by atoms with Crippen molar-refractivity contribution in [3.05, 3.63) is 0 Å². The Morgan fingerprint density at radius 2 is 2.00 bits per heavy atom. The summed E-state index contributed by atoms with van der Waals surface area (Å²) < 4.78 is 0. The molecule has 0 heterocycles. The lowest BCUT2D eigenvalue weighted by molar-refractivity contribution is 0.128. The van der Waals surface area contributed by atoms with E-state index in [0.717, 1.165) is 12.8 Å². The second-order valence-corrected chi connectivity index (χ2v) is 6.41. The van der Waals surface area contributed by atoms with Crippen LogP contribution in [0.3, 0.4) is 0 Å². The Bertz CT molecular complexity index is 286. The van der Waals surface area contributed by atoms with Crippen LogP contribution in [0.1, 0.15) is 40.0 Å². The van der Waals surface area contributed by atoms with Gasteiger partial charge in [-0.25, -0.2) is 4.79 Å². The van der Waals surface area contributed by atoms with Crippen molar-refractivity contribution in [1.82, 2.24) is 10.6 Å². The summed E-state index contributed by atoms with van der Waals surface area (Å²) in [5.74, 6) is 0. The highest BCUT2D eigenvalue weighted by Gasteiger charge is 2.42. The average molecular weight is 258 g/mol. The van der Waals surface area contributed by atoms with E-state index in [4.69, 9.17) is 5.11 Å². The van der Waals surface area contributed by atoms with Gasteiger partial charge >= 0.3 is 6.03 Å². The van der Waals surface area contributed by atoms with Gasteiger partial charge in [0, 0.05) is 18.5 Å². The van der Waals surface area contributed by atoms with Crippen LogP contribution in [0.2, 0.25) is 0 Å². The third-order valence-electron chi connectivity index (χ3n) is 3.49. The summed E-state index contributed by atoms with van der Waals surface area (Å²) in [5, 5.41) is 24.1.